The van der Waals surface area contributed by atoms with E-state index >= 15 is 0 Å². The van der Waals surface area contributed by atoms with Crippen molar-refractivity contribution in [2.75, 3.05) is 39.4 Å². The molecule has 0 saturated carbocycles. The van der Waals surface area contributed by atoms with E-state index in [1.807, 2.05) is 0 Å². The summed E-state index contributed by atoms with van der Waals surface area (Å²) in [5.74, 6) is 0.355. The van der Waals surface area contributed by atoms with Crippen LogP contribution in [0.3, 0.4) is 0 Å². The normalized spacial score (nSPS) is 28.6. The first-order valence-electron chi connectivity index (χ1n) is 7.51. The highest BCUT2D eigenvalue weighted by molar-refractivity contribution is 5.79. The Bertz CT molecular complexity index is 286. The number of morpholine rings is 1. The van der Waals surface area contributed by atoms with Crippen molar-refractivity contribution < 1.29 is 9.53 Å². The fraction of sp³-hybridized carbons (Fsp3) is 0.929. The number of ether oxygens (including phenoxy) is 1. The number of hydrogen-bond acceptors (Lipinski definition) is 4. The van der Waals surface area contributed by atoms with Gasteiger partial charge in [0.05, 0.1) is 19.1 Å². The zero-order chi connectivity index (χ0) is 13.7. The standard InChI is InChI=1S/C14H27N3O2/c1-11(12(2)17-6-8-19-9-7-17)16-14(18)13-4-3-5-15-10-13/h11-13,15H,3-10H2,1-2H3,(H,16,18). The Morgan fingerprint density at radius 2 is 2.11 bits per heavy atom. The number of carbonyl (C=O) groups is 1. The van der Waals surface area contributed by atoms with E-state index < -0.39 is 0 Å². The van der Waals surface area contributed by atoms with Crippen LogP contribution in [-0.4, -0.2) is 62.3 Å². The fourth-order valence-corrected chi connectivity index (χ4v) is 2.84. The van der Waals surface area contributed by atoms with Crippen molar-refractivity contribution >= 4 is 5.91 Å². The molecule has 19 heavy (non-hydrogen) atoms. The van der Waals surface area contributed by atoms with Gasteiger partial charge in [0.25, 0.3) is 0 Å². The van der Waals surface area contributed by atoms with Crippen LogP contribution in [0.1, 0.15) is 26.7 Å². The largest absolute Gasteiger partial charge is 0.379 e. The van der Waals surface area contributed by atoms with Crippen LogP contribution in [0.5, 0.6) is 0 Å². The molecule has 0 aliphatic carbocycles. The van der Waals surface area contributed by atoms with Crippen LogP contribution in [0.4, 0.5) is 0 Å². The minimum atomic E-state index is 0.146. The summed E-state index contributed by atoms with van der Waals surface area (Å²) in [7, 11) is 0. The molecule has 1 amide bonds. The lowest BCUT2D eigenvalue weighted by Gasteiger charge is -2.36. The highest BCUT2D eigenvalue weighted by Gasteiger charge is 2.26. The summed E-state index contributed by atoms with van der Waals surface area (Å²) in [4.78, 5) is 14.6. The molecule has 2 saturated heterocycles. The van der Waals surface area contributed by atoms with Crippen LogP contribution < -0.4 is 10.6 Å². The van der Waals surface area contributed by atoms with E-state index in [-0.39, 0.29) is 17.9 Å². The number of carbonyl (C=O) groups excluding carboxylic acids is 1. The molecule has 110 valence electrons. The lowest BCUT2D eigenvalue weighted by Crippen LogP contribution is -2.54. The minimum absolute atomic E-state index is 0.146. The predicted octanol–water partition coefficient (Wildman–Crippen LogP) is 0.211. The monoisotopic (exact) mass is 269 g/mol. The van der Waals surface area contributed by atoms with Crippen LogP contribution in [0.2, 0.25) is 0 Å². The average molecular weight is 269 g/mol. The molecule has 0 aromatic rings. The van der Waals surface area contributed by atoms with E-state index in [9.17, 15) is 4.79 Å². The van der Waals surface area contributed by atoms with Crippen LogP contribution in [0, 0.1) is 5.92 Å². The molecule has 2 rings (SSSR count). The van der Waals surface area contributed by atoms with Gasteiger partial charge in [-0.3, -0.25) is 9.69 Å². The van der Waals surface area contributed by atoms with Gasteiger partial charge in [-0.1, -0.05) is 0 Å². The highest BCUT2D eigenvalue weighted by Crippen LogP contribution is 2.12. The first kappa shape index (κ1) is 14.8. The number of rotatable bonds is 4. The van der Waals surface area contributed by atoms with Crippen LogP contribution in [-0.2, 0) is 9.53 Å². The Balaban J connectivity index is 1.78. The first-order valence-corrected chi connectivity index (χ1v) is 7.51. The van der Waals surface area contributed by atoms with E-state index in [0.717, 1.165) is 52.2 Å². The second kappa shape index (κ2) is 7.22. The molecule has 0 radical (unpaired) electrons. The van der Waals surface area contributed by atoms with E-state index in [4.69, 9.17) is 4.74 Å². The smallest absolute Gasteiger partial charge is 0.224 e. The second-order valence-electron chi connectivity index (χ2n) is 5.73. The molecule has 3 unspecified atom stereocenters. The molecule has 2 N–H and O–H groups in total. The number of nitrogens with one attached hydrogen (secondary N) is 2. The molecule has 5 nitrogen and oxygen atoms in total. The fourth-order valence-electron chi connectivity index (χ4n) is 2.84. The maximum Gasteiger partial charge on any atom is 0.224 e. The van der Waals surface area contributed by atoms with Crippen molar-refractivity contribution in [1.29, 1.82) is 0 Å². The Hall–Kier alpha value is -0.650. The van der Waals surface area contributed by atoms with Crippen molar-refractivity contribution in [2.45, 2.75) is 38.8 Å². The number of amides is 1. The minimum Gasteiger partial charge on any atom is -0.379 e. The maximum atomic E-state index is 12.2. The van der Waals surface area contributed by atoms with Gasteiger partial charge in [0, 0.05) is 31.7 Å². The molecular formula is C14H27N3O2. The molecule has 2 aliphatic rings. The third kappa shape index (κ3) is 4.16. The van der Waals surface area contributed by atoms with Gasteiger partial charge in [-0.15, -0.1) is 0 Å². The van der Waals surface area contributed by atoms with Crippen LogP contribution in [0.15, 0.2) is 0 Å². The van der Waals surface area contributed by atoms with E-state index in [1.165, 1.54) is 0 Å². The van der Waals surface area contributed by atoms with E-state index in [2.05, 4.69) is 29.4 Å². The van der Waals surface area contributed by atoms with Gasteiger partial charge in [-0.25, -0.2) is 0 Å². The Morgan fingerprint density at radius 3 is 2.74 bits per heavy atom. The molecule has 5 heteroatoms. The molecule has 0 bridgehead atoms. The van der Waals surface area contributed by atoms with E-state index in [1.54, 1.807) is 0 Å². The second-order valence-corrected chi connectivity index (χ2v) is 5.73. The van der Waals surface area contributed by atoms with Crippen molar-refractivity contribution in [3.8, 4) is 0 Å². The summed E-state index contributed by atoms with van der Waals surface area (Å²) in [6.45, 7) is 9.70. The summed E-state index contributed by atoms with van der Waals surface area (Å²) in [5.41, 5.74) is 0. The summed E-state index contributed by atoms with van der Waals surface area (Å²) < 4.78 is 5.37. The molecule has 0 aromatic carbocycles. The van der Waals surface area contributed by atoms with Gasteiger partial charge < -0.3 is 15.4 Å². The SMILES string of the molecule is CC(NC(=O)C1CCCNC1)C(C)N1CCOCC1. The van der Waals surface area contributed by atoms with Crippen molar-refractivity contribution in [1.82, 2.24) is 15.5 Å². The number of hydrogen-bond donors (Lipinski definition) is 2. The lowest BCUT2D eigenvalue weighted by molar-refractivity contribution is -0.126. The Morgan fingerprint density at radius 1 is 1.37 bits per heavy atom. The maximum absolute atomic E-state index is 12.2. The number of piperidine rings is 1. The van der Waals surface area contributed by atoms with Gasteiger partial charge >= 0.3 is 0 Å². The quantitative estimate of drug-likeness (QED) is 0.766. The molecule has 0 spiro atoms. The predicted molar refractivity (Wildman–Crippen MR) is 75.1 cm³/mol. The molecule has 0 aromatic heterocycles. The van der Waals surface area contributed by atoms with Crippen LogP contribution in [0.25, 0.3) is 0 Å². The van der Waals surface area contributed by atoms with Crippen molar-refractivity contribution in [3.63, 3.8) is 0 Å². The van der Waals surface area contributed by atoms with Crippen molar-refractivity contribution in [2.24, 2.45) is 5.92 Å². The molecule has 3 atom stereocenters. The van der Waals surface area contributed by atoms with Crippen LogP contribution >= 0.6 is 0 Å². The molecular weight excluding hydrogens is 242 g/mol. The van der Waals surface area contributed by atoms with Gasteiger partial charge in [0.2, 0.25) is 5.91 Å². The summed E-state index contributed by atoms with van der Waals surface area (Å²) in [6.07, 6.45) is 2.11. The molecule has 2 aliphatic heterocycles. The van der Waals surface area contributed by atoms with Gasteiger partial charge in [-0.05, 0) is 33.2 Å². The third-order valence-corrected chi connectivity index (χ3v) is 4.38. The summed E-state index contributed by atoms with van der Waals surface area (Å²) in [5, 5.41) is 6.48. The third-order valence-electron chi connectivity index (χ3n) is 4.38. The van der Waals surface area contributed by atoms with Crippen molar-refractivity contribution in [3.05, 3.63) is 0 Å². The molecule has 2 fully saturated rings. The van der Waals surface area contributed by atoms with Gasteiger partial charge in [-0.2, -0.15) is 0 Å². The van der Waals surface area contributed by atoms with Gasteiger partial charge in [0.1, 0.15) is 0 Å². The first-order chi connectivity index (χ1) is 9.18. The molecule has 2 heterocycles. The summed E-state index contributed by atoms with van der Waals surface area (Å²) in [6, 6.07) is 0.553. The highest BCUT2D eigenvalue weighted by atomic mass is 16.5. The summed E-state index contributed by atoms with van der Waals surface area (Å²) >= 11 is 0. The zero-order valence-corrected chi connectivity index (χ0v) is 12.2. The average Bonchev–Trinajstić information content (AvgIpc) is 2.48. The topological polar surface area (TPSA) is 53.6 Å². The Kier molecular flexibility index (Phi) is 5.60. The van der Waals surface area contributed by atoms with Gasteiger partial charge in [0.15, 0.2) is 0 Å². The lowest BCUT2D eigenvalue weighted by atomic mass is 9.98. The van der Waals surface area contributed by atoms with E-state index in [0.29, 0.717) is 6.04 Å². The number of nitrogens with zero attached hydrogens (tertiary/aromatic N) is 1. The zero-order valence-electron chi connectivity index (χ0n) is 12.2. The Labute approximate surface area is 116 Å².